The Morgan fingerprint density at radius 1 is 0.912 bits per heavy atom. The molecule has 0 atom stereocenters. The number of esters is 1. The summed E-state index contributed by atoms with van der Waals surface area (Å²) < 4.78 is 19.5. The SMILES string of the molecule is CC.COC(=O)c1ccc2c3c(ccc2c1)N(c1ccc(C)c(F)c1)c1ccccc1C3(C)C. The lowest BCUT2D eigenvalue weighted by molar-refractivity contribution is 0.0601. The molecule has 4 aromatic rings. The van der Waals surface area contributed by atoms with E-state index >= 15 is 0 Å². The molecule has 0 amide bonds. The van der Waals surface area contributed by atoms with Gasteiger partial charge in [-0.2, -0.15) is 0 Å². The van der Waals surface area contributed by atoms with Crippen LogP contribution >= 0.6 is 0 Å². The van der Waals surface area contributed by atoms with Gasteiger partial charge < -0.3 is 9.64 Å². The third-order valence-electron chi connectivity index (χ3n) is 6.52. The molecule has 0 radical (unpaired) electrons. The lowest BCUT2D eigenvalue weighted by Gasteiger charge is -2.42. The van der Waals surface area contributed by atoms with E-state index in [9.17, 15) is 9.18 Å². The highest BCUT2D eigenvalue weighted by molar-refractivity contribution is 6.01. The molecule has 4 heteroatoms. The van der Waals surface area contributed by atoms with Crippen molar-refractivity contribution in [2.24, 2.45) is 0 Å². The number of benzene rings is 4. The number of methoxy groups -OCH3 is 1. The van der Waals surface area contributed by atoms with Crippen molar-refractivity contribution in [3.8, 4) is 0 Å². The number of rotatable bonds is 2. The van der Waals surface area contributed by atoms with E-state index in [0.29, 0.717) is 11.1 Å². The maximum absolute atomic E-state index is 14.6. The van der Waals surface area contributed by atoms with Crippen LogP contribution in [-0.2, 0) is 10.2 Å². The minimum absolute atomic E-state index is 0.227. The Bertz CT molecular complexity index is 1390. The van der Waals surface area contributed by atoms with Crippen molar-refractivity contribution in [1.82, 2.24) is 0 Å². The Balaban J connectivity index is 0.00000133. The summed E-state index contributed by atoms with van der Waals surface area (Å²) in [7, 11) is 1.39. The number of hydrogen-bond acceptors (Lipinski definition) is 3. The smallest absolute Gasteiger partial charge is 0.337 e. The topological polar surface area (TPSA) is 29.5 Å². The van der Waals surface area contributed by atoms with E-state index in [4.69, 9.17) is 4.74 Å². The molecule has 1 aliphatic heterocycles. The summed E-state index contributed by atoms with van der Waals surface area (Å²) in [5.41, 5.74) is 5.98. The summed E-state index contributed by atoms with van der Waals surface area (Å²) in [6.45, 7) is 10.2. The summed E-state index contributed by atoms with van der Waals surface area (Å²) in [5.74, 6) is -0.583. The molecule has 5 rings (SSSR count). The van der Waals surface area contributed by atoms with Gasteiger partial charge in [0, 0.05) is 11.1 Å². The lowest BCUT2D eigenvalue weighted by Crippen LogP contribution is -2.31. The molecule has 0 saturated carbocycles. The van der Waals surface area contributed by atoms with Gasteiger partial charge in [0.2, 0.25) is 0 Å². The molecule has 34 heavy (non-hydrogen) atoms. The maximum atomic E-state index is 14.6. The first kappa shape index (κ1) is 23.5. The van der Waals surface area contributed by atoms with E-state index in [1.807, 2.05) is 56.3 Å². The normalized spacial score (nSPS) is 13.4. The van der Waals surface area contributed by atoms with Crippen LogP contribution in [-0.4, -0.2) is 13.1 Å². The van der Waals surface area contributed by atoms with Crippen molar-refractivity contribution in [2.75, 3.05) is 12.0 Å². The highest BCUT2D eigenvalue weighted by atomic mass is 19.1. The predicted molar refractivity (Wildman–Crippen MR) is 138 cm³/mol. The molecular formula is C30H30FNO2. The van der Waals surface area contributed by atoms with Crippen molar-refractivity contribution in [2.45, 2.75) is 40.0 Å². The number of halogens is 1. The Labute approximate surface area is 200 Å². The predicted octanol–water partition coefficient (Wildman–Crippen LogP) is 8.21. The minimum Gasteiger partial charge on any atom is -0.465 e. The Kier molecular flexibility index (Phi) is 6.18. The van der Waals surface area contributed by atoms with Crippen LogP contribution in [0.4, 0.5) is 21.5 Å². The maximum Gasteiger partial charge on any atom is 0.337 e. The van der Waals surface area contributed by atoms with Gasteiger partial charge in [0.15, 0.2) is 0 Å². The number of carbonyl (C=O) groups is 1. The van der Waals surface area contributed by atoms with Crippen LogP contribution in [0.3, 0.4) is 0 Å². The molecule has 0 aliphatic carbocycles. The van der Waals surface area contributed by atoms with E-state index in [1.54, 1.807) is 19.1 Å². The molecule has 0 saturated heterocycles. The Morgan fingerprint density at radius 2 is 1.65 bits per heavy atom. The van der Waals surface area contributed by atoms with E-state index in [1.165, 1.54) is 7.11 Å². The summed E-state index contributed by atoms with van der Waals surface area (Å²) >= 11 is 0. The molecule has 0 N–H and O–H groups in total. The fraction of sp³-hybridized carbons (Fsp3) is 0.233. The van der Waals surface area contributed by atoms with Crippen LogP contribution < -0.4 is 4.90 Å². The van der Waals surface area contributed by atoms with Gasteiger partial charge in [-0.1, -0.05) is 64.1 Å². The molecule has 1 aliphatic rings. The van der Waals surface area contributed by atoms with E-state index < -0.39 is 0 Å². The van der Waals surface area contributed by atoms with Crippen molar-refractivity contribution in [3.05, 3.63) is 101 Å². The molecule has 1 heterocycles. The highest BCUT2D eigenvalue weighted by Gasteiger charge is 2.38. The van der Waals surface area contributed by atoms with Crippen molar-refractivity contribution < 1.29 is 13.9 Å². The highest BCUT2D eigenvalue weighted by Crippen LogP contribution is 2.53. The zero-order valence-electron chi connectivity index (χ0n) is 20.6. The molecule has 0 spiro atoms. The standard InChI is InChI=1S/C28H24FNO2.C2H6/c1-17-9-12-20(16-23(17)29)30-24-8-6-5-7-22(24)28(2,3)26-21-13-10-19(27(31)32-4)15-18(21)11-14-25(26)30;1-2/h5-16H,1-4H3;1-2H3. The quantitative estimate of drug-likeness (QED) is 0.285. The molecule has 0 aromatic heterocycles. The van der Waals surface area contributed by atoms with Crippen molar-refractivity contribution >= 4 is 33.8 Å². The Morgan fingerprint density at radius 3 is 2.35 bits per heavy atom. The first-order valence-electron chi connectivity index (χ1n) is 11.6. The zero-order chi connectivity index (χ0) is 24.6. The average Bonchev–Trinajstić information content (AvgIpc) is 2.86. The number of para-hydroxylation sites is 1. The second-order valence-electron chi connectivity index (χ2n) is 8.80. The summed E-state index contributed by atoms with van der Waals surface area (Å²) in [4.78, 5) is 14.2. The van der Waals surface area contributed by atoms with Crippen molar-refractivity contribution in [3.63, 3.8) is 0 Å². The van der Waals surface area contributed by atoms with Crippen LogP contribution in [0.5, 0.6) is 0 Å². The number of fused-ring (bicyclic) bond motifs is 4. The fourth-order valence-electron chi connectivity index (χ4n) is 4.87. The van der Waals surface area contributed by atoms with Gasteiger partial charge in [0.1, 0.15) is 5.82 Å². The first-order valence-corrected chi connectivity index (χ1v) is 11.6. The molecule has 0 fully saturated rings. The van der Waals surface area contributed by atoms with Gasteiger partial charge in [-0.15, -0.1) is 0 Å². The van der Waals surface area contributed by atoms with Crippen LogP contribution in [0.15, 0.2) is 72.8 Å². The van der Waals surface area contributed by atoms with Crippen LogP contribution in [0.2, 0.25) is 0 Å². The van der Waals surface area contributed by atoms with Gasteiger partial charge in [-0.05, 0) is 70.8 Å². The van der Waals surface area contributed by atoms with Gasteiger partial charge in [0.05, 0.1) is 24.0 Å². The minimum atomic E-state index is -0.356. The second-order valence-corrected chi connectivity index (χ2v) is 8.80. The third-order valence-corrected chi connectivity index (χ3v) is 6.52. The van der Waals surface area contributed by atoms with Crippen LogP contribution in [0.25, 0.3) is 10.8 Å². The monoisotopic (exact) mass is 455 g/mol. The zero-order valence-corrected chi connectivity index (χ0v) is 20.6. The fourth-order valence-corrected chi connectivity index (χ4v) is 4.87. The number of carbonyl (C=O) groups excluding carboxylic acids is 1. The van der Waals surface area contributed by atoms with Crippen LogP contribution in [0, 0.1) is 12.7 Å². The van der Waals surface area contributed by atoms with Gasteiger partial charge in [-0.25, -0.2) is 9.18 Å². The third kappa shape index (κ3) is 3.63. The number of hydrogen-bond donors (Lipinski definition) is 0. The van der Waals surface area contributed by atoms with Gasteiger partial charge in [-0.3, -0.25) is 0 Å². The van der Waals surface area contributed by atoms with Crippen LogP contribution in [0.1, 0.15) is 54.7 Å². The molecule has 0 bridgehead atoms. The number of ether oxygens (including phenoxy) is 1. The molecule has 0 unspecified atom stereocenters. The number of anilines is 3. The molecule has 174 valence electrons. The lowest BCUT2D eigenvalue weighted by atomic mass is 9.71. The number of nitrogens with zero attached hydrogens (tertiary/aromatic N) is 1. The summed E-state index contributed by atoms with van der Waals surface area (Å²) in [6, 6.07) is 23.4. The van der Waals surface area contributed by atoms with E-state index in [-0.39, 0.29) is 17.2 Å². The largest absolute Gasteiger partial charge is 0.465 e. The first-order chi connectivity index (χ1) is 16.3. The van der Waals surface area contributed by atoms with Gasteiger partial charge in [0.25, 0.3) is 0 Å². The Hall–Kier alpha value is -3.66. The van der Waals surface area contributed by atoms with E-state index in [2.05, 4.69) is 36.9 Å². The van der Waals surface area contributed by atoms with E-state index in [0.717, 1.165) is 39.0 Å². The summed E-state index contributed by atoms with van der Waals surface area (Å²) in [6.07, 6.45) is 0. The molecule has 4 aromatic carbocycles. The molecular weight excluding hydrogens is 425 g/mol. The average molecular weight is 456 g/mol. The number of aryl methyl sites for hydroxylation is 1. The molecule has 3 nitrogen and oxygen atoms in total. The second kappa shape index (κ2) is 8.94. The van der Waals surface area contributed by atoms with Gasteiger partial charge >= 0.3 is 5.97 Å². The summed E-state index contributed by atoms with van der Waals surface area (Å²) in [5, 5.41) is 2.03. The van der Waals surface area contributed by atoms with Crippen molar-refractivity contribution in [1.29, 1.82) is 0 Å².